The summed E-state index contributed by atoms with van der Waals surface area (Å²) in [5.41, 5.74) is 0.542. The number of alkyl halides is 3. The van der Waals surface area contributed by atoms with Gasteiger partial charge in [0, 0.05) is 11.1 Å². The van der Waals surface area contributed by atoms with Crippen LogP contribution >= 0.6 is 0 Å². The van der Waals surface area contributed by atoms with Crippen LogP contribution in [0, 0.1) is 0 Å². The molecule has 158 valence electrons. The molecule has 30 heavy (non-hydrogen) atoms. The fraction of sp³-hybridized carbons (Fsp3) is 0.150. The Morgan fingerprint density at radius 3 is 2.27 bits per heavy atom. The van der Waals surface area contributed by atoms with Crippen molar-refractivity contribution in [3.63, 3.8) is 0 Å². The second kappa shape index (κ2) is 8.23. The quantitative estimate of drug-likeness (QED) is 0.628. The van der Waals surface area contributed by atoms with Crippen LogP contribution in [-0.2, 0) is 14.8 Å². The summed E-state index contributed by atoms with van der Waals surface area (Å²) >= 11 is 0. The van der Waals surface area contributed by atoms with Gasteiger partial charge in [-0.3, -0.25) is 9.10 Å². The fourth-order valence-corrected chi connectivity index (χ4v) is 3.75. The maximum absolute atomic E-state index is 12.5. The smallest absolute Gasteiger partial charge is 0.406 e. The Labute approximate surface area is 170 Å². The summed E-state index contributed by atoms with van der Waals surface area (Å²) in [6.45, 7) is -0.506. The van der Waals surface area contributed by atoms with E-state index in [0.29, 0.717) is 11.1 Å². The molecular weight excluding hydrogens is 421 g/mol. The van der Waals surface area contributed by atoms with Crippen molar-refractivity contribution in [2.45, 2.75) is 6.36 Å². The van der Waals surface area contributed by atoms with E-state index < -0.39 is 34.6 Å². The second-order valence-electron chi connectivity index (χ2n) is 6.39. The molecule has 6 nitrogen and oxygen atoms in total. The van der Waals surface area contributed by atoms with Crippen molar-refractivity contribution < 1.29 is 31.1 Å². The molecule has 10 heteroatoms. The van der Waals surface area contributed by atoms with Gasteiger partial charge < -0.3 is 10.1 Å². The third kappa shape index (κ3) is 5.41. The number of amides is 1. The molecule has 0 heterocycles. The lowest BCUT2D eigenvalue weighted by Gasteiger charge is -2.23. The van der Waals surface area contributed by atoms with Gasteiger partial charge in [-0.25, -0.2) is 8.42 Å². The highest BCUT2D eigenvalue weighted by molar-refractivity contribution is 7.92. The summed E-state index contributed by atoms with van der Waals surface area (Å²) in [6, 6.07) is 16.8. The standard InChI is InChI=1S/C20H17F3N2O4S/c1-30(27,28)25(18-8-4-6-14-5-2-3-7-17(14)18)13-19(26)24-15-9-11-16(12-10-15)29-20(21,22)23/h2-12H,13H2,1H3,(H,24,26). The first kappa shape index (κ1) is 21.4. The average molecular weight is 438 g/mol. The predicted octanol–water partition coefficient (Wildman–Crippen LogP) is 4.14. The van der Waals surface area contributed by atoms with E-state index in [9.17, 15) is 26.4 Å². The maximum atomic E-state index is 12.5. The van der Waals surface area contributed by atoms with E-state index in [1.54, 1.807) is 24.3 Å². The minimum Gasteiger partial charge on any atom is -0.406 e. The molecule has 0 atom stereocenters. The van der Waals surface area contributed by atoms with Crippen LogP contribution in [0.2, 0.25) is 0 Å². The van der Waals surface area contributed by atoms with Crippen molar-refractivity contribution in [1.82, 2.24) is 0 Å². The van der Waals surface area contributed by atoms with Gasteiger partial charge >= 0.3 is 6.36 Å². The molecule has 0 aliphatic carbocycles. The van der Waals surface area contributed by atoms with Gasteiger partial charge in [0.2, 0.25) is 15.9 Å². The number of fused-ring (bicyclic) bond motifs is 1. The number of ether oxygens (including phenoxy) is 1. The lowest BCUT2D eigenvalue weighted by Crippen LogP contribution is -2.37. The van der Waals surface area contributed by atoms with Gasteiger partial charge in [0.05, 0.1) is 11.9 Å². The Morgan fingerprint density at radius 2 is 1.63 bits per heavy atom. The van der Waals surface area contributed by atoms with Crippen LogP contribution in [0.5, 0.6) is 5.75 Å². The molecule has 3 rings (SSSR count). The number of benzene rings is 3. The summed E-state index contributed by atoms with van der Waals surface area (Å²) in [5.74, 6) is -1.09. The Balaban J connectivity index is 1.80. The maximum Gasteiger partial charge on any atom is 0.573 e. The summed E-state index contributed by atoms with van der Waals surface area (Å²) in [7, 11) is -3.80. The Bertz CT molecular complexity index is 1160. The summed E-state index contributed by atoms with van der Waals surface area (Å²) in [5, 5.41) is 3.94. The summed E-state index contributed by atoms with van der Waals surface area (Å²) in [6.07, 6.45) is -3.83. The van der Waals surface area contributed by atoms with Crippen molar-refractivity contribution in [2.75, 3.05) is 22.4 Å². The highest BCUT2D eigenvalue weighted by Crippen LogP contribution is 2.28. The number of rotatable bonds is 6. The van der Waals surface area contributed by atoms with Crippen LogP contribution in [0.1, 0.15) is 0 Å². The van der Waals surface area contributed by atoms with Crippen molar-refractivity contribution in [3.8, 4) is 5.75 Å². The molecule has 1 amide bonds. The third-order valence-corrected chi connectivity index (χ3v) is 5.22. The molecule has 0 fully saturated rings. The van der Waals surface area contributed by atoms with Crippen molar-refractivity contribution in [3.05, 3.63) is 66.7 Å². The number of carbonyl (C=O) groups is 1. The first-order chi connectivity index (χ1) is 14.0. The molecule has 0 unspecified atom stereocenters. The largest absolute Gasteiger partial charge is 0.573 e. The molecule has 0 radical (unpaired) electrons. The number of halogens is 3. The number of hydrogen-bond donors (Lipinski definition) is 1. The minimum atomic E-state index is -4.82. The molecule has 0 aromatic heterocycles. The molecule has 0 saturated heterocycles. The number of hydrogen-bond acceptors (Lipinski definition) is 4. The molecular formula is C20H17F3N2O4S. The van der Waals surface area contributed by atoms with Crippen molar-refractivity contribution >= 4 is 38.1 Å². The highest BCUT2D eigenvalue weighted by Gasteiger charge is 2.31. The van der Waals surface area contributed by atoms with Gasteiger partial charge in [-0.05, 0) is 35.7 Å². The van der Waals surface area contributed by atoms with E-state index in [4.69, 9.17) is 0 Å². The van der Waals surface area contributed by atoms with Gasteiger partial charge in [0.25, 0.3) is 0 Å². The van der Waals surface area contributed by atoms with Gasteiger partial charge in [0.1, 0.15) is 12.3 Å². The van der Waals surface area contributed by atoms with Gasteiger partial charge in [-0.2, -0.15) is 0 Å². The lowest BCUT2D eigenvalue weighted by molar-refractivity contribution is -0.274. The molecule has 3 aromatic carbocycles. The lowest BCUT2D eigenvalue weighted by atomic mass is 10.1. The molecule has 0 spiro atoms. The molecule has 0 aliphatic rings. The van der Waals surface area contributed by atoms with Crippen LogP contribution < -0.4 is 14.4 Å². The number of anilines is 2. The van der Waals surface area contributed by atoms with E-state index in [1.165, 1.54) is 12.1 Å². The predicted molar refractivity (Wildman–Crippen MR) is 108 cm³/mol. The zero-order valence-corrected chi connectivity index (χ0v) is 16.5. The van der Waals surface area contributed by atoms with Crippen LogP contribution in [-0.4, -0.2) is 33.5 Å². The Kier molecular flexibility index (Phi) is 5.88. The Hall–Kier alpha value is -3.27. The SMILES string of the molecule is CS(=O)(=O)N(CC(=O)Nc1ccc(OC(F)(F)F)cc1)c1cccc2ccccc12. The van der Waals surface area contributed by atoms with Crippen LogP contribution in [0.15, 0.2) is 66.7 Å². The molecule has 0 aliphatic heterocycles. The van der Waals surface area contributed by atoms with Crippen molar-refractivity contribution in [2.24, 2.45) is 0 Å². The zero-order valence-electron chi connectivity index (χ0n) is 15.7. The molecule has 0 bridgehead atoms. The molecule has 1 N–H and O–H groups in total. The monoisotopic (exact) mass is 438 g/mol. The average Bonchev–Trinajstić information content (AvgIpc) is 2.65. The van der Waals surface area contributed by atoms with Gasteiger partial charge in [-0.1, -0.05) is 36.4 Å². The van der Waals surface area contributed by atoms with E-state index >= 15 is 0 Å². The van der Waals surface area contributed by atoms with E-state index in [2.05, 4.69) is 10.1 Å². The number of nitrogens with one attached hydrogen (secondary N) is 1. The summed E-state index contributed by atoms with van der Waals surface area (Å²) in [4.78, 5) is 12.5. The van der Waals surface area contributed by atoms with E-state index in [0.717, 1.165) is 28.1 Å². The highest BCUT2D eigenvalue weighted by atomic mass is 32.2. The number of carbonyl (C=O) groups excluding carboxylic acids is 1. The first-order valence-electron chi connectivity index (χ1n) is 8.64. The summed E-state index contributed by atoms with van der Waals surface area (Å²) < 4.78 is 66.2. The van der Waals surface area contributed by atoms with Gasteiger partial charge in [0.15, 0.2) is 0 Å². The van der Waals surface area contributed by atoms with Gasteiger partial charge in [-0.15, -0.1) is 13.2 Å². The molecule has 0 saturated carbocycles. The number of sulfonamides is 1. The van der Waals surface area contributed by atoms with Crippen LogP contribution in [0.3, 0.4) is 0 Å². The first-order valence-corrected chi connectivity index (χ1v) is 10.5. The topological polar surface area (TPSA) is 75.7 Å². The second-order valence-corrected chi connectivity index (χ2v) is 8.30. The third-order valence-electron chi connectivity index (χ3n) is 4.09. The van der Waals surface area contributed by atoms with Crippen LogP contribution in [0.4, 0.5) is 24.5 Å². The number of nitrogens with zero attached hydrogens (tertiary/aromatic N) is 1. The Morgan fingerprint density at radius 1 is 1.00 bits per heavy atom. The van der Waals surface area contributed by atoms with E-state index in [-0.39, 0.29) is 5.69 Å². The minimum absolute atomic E-state index is 0.195. The van der Waals surface area contributed by atoms with E-state index in [1.807, 2.05) is 18.2 Å². The fourth-order valence-electron chi connectivity index (χ4n) is 2.88. The zero-order chi connectivity index (χ0) is 21.9. The van der Waals surface area contributed by atoms with Crippen molar-refractivity contribution in [1.29, 1.82) is 0 Å². The van der Waals surface area contributed by atoms with Crippen LogP contribution in [0.25, 0.3) is 10.8 Å². The normalized spacial score (nSPS) is 11.9. The molecule has 3 aromatic rings.